The highest BCUT2D eigenvalue weighted by Gasteiger charge is 2.14. The summed E-state index contributed by atoms with van der Waals surface area (Å²) in [6.45, 7) is 1.62. The molecule has 0 amide bonds. The number of halogens is 2. The van der Waals surface area contributed by atoms with E-state index in [0.717, 1.165) is 5.69 Å². The lowest BCUT2D eigenvalue weighted by atomic mass is 10.3. The first-order chi connectivity index (χ1) is 10.5. The van der Waals surface area contributed by atoms with Crippen molar-refractivity contribution >= 4 is 40.7 Å². The first kappa shape index (κ1) is 16.4. The van der Waals surface area contributed by atoms with E-state index in [1.54, 1.807) is 37.3 Å². The van der Waals surface area contributed by atoms with Gasteiger partial charge in [-0.15, -0.1) is 0 Å². The van der Waals surface area contributed by atoms with Crippen molar-refractivity contribution in [1.29, 1.82) is 0 Å². The van der Waals surface area contributed by atoms with Gasteiger partial charge in [0.05, 0.1) is 17.2 Å². The number of pyridine rings is 1. The van der Waals surface area contributed by atoms with Gasteiger partial charge in [0, 0.05) is 11.9 Å². The van der Waals surface area contributed by atoms with Crippen molar-refractivity contribution in [3.63, 3.8) is 0 Å². The Hall–Kier alpha value is -1.98. The normalized spacial score (nSPS) is 11.6. The summed E-state index contributed by atoms with van der Waals surface area (Å²) in [7, 11) is 1.32. The third kappa shape index (κ3) is 4.26. The molecule has 0 aliphatic rings. The maximum Gasteiger partial charge on any atom is 0.346 e. The van der Waals surface area contributed by atoms with E-state index in [-0.39, 0.29) is 0 Å². The van der Waals surface area contributed by atoms with E-state index in [0.29, 0.717) is 21.6 Å². The van der Waals surface area contributed by atoms with E-state index in [4.69, 9.17) is 27.9 Å². The minimum atomic E-state index is -0.670. The zero-order valence-electron chi connectivity index (χ0n) is 12.0. The smallest absolute Gasteiger partial charge is 0.346 e. The molecule has 0 fully saturated rings. The largest absolute Gasteiger partial charge is 0.479 e. The standard InChI is InChI=1S/C15H14Cl2N2O3/c1-9(15(20)21-2)22-12-5-3-11(4-6-12)19-14-13(17)7-10(16)8-18-14/h3-9H,1-2H3,(H,18,19). The Morgan fingerprint density at radius 1 is 1.27 bits per heavy atom. The number of esters is 1. The number of carbonyl (C=O) groups is 1. The summed E-state index contributed by atoms with van der Waals surface area (Å²) < 4.78 is 10.0. The van der Waals surface area contributed by atoms with Gasteiger partial charge < -0.3 is 14.8 Å². The summed E-state index contributed by atoms with van der Waals surface area (Å²) >= 11 is 11.8. The van der Waals surface area contributed by atoms with Crippen molar-refractivity contribution in [2.75, 3.05) is 12.4 Å². The molecule has 0 aliphatic carbocycles. The maximum atomic E-state index is 11.3. The van der Waals surface area contributed by atoms with Crippen molar-refractivity contribution < 1.29 is 14.3 Å². The number of benzene rings is 1. The number of anilines is 2. The molecule has 2 aromatic rings. The van der Waals surface area contributed by atoms with Crippen LogP contribution in [-0.4, -0.2) is 24.2 Å². The molecule has 7 heteroatoms. The molecular formula is C15H14Cl2N2O3. The van der Waals surface area contributed by atoms with Crippen LogP contribution in [0.25, 0.3) is 0 Å². The molecule has 22 heavy (non-hydrogen) atoms. The molecule has 0 saturated heterocycles. The lowest BCUT2D eigenvalue weighted by molar-refractivity contribution is -0.147. The SMILES string of the molecule is COC(=O)C(C)Oc1ccc(Nc2ncc(Cl)cc2Cl)cc1. The molecule has 1 heterocycles. The van der Waals surface area contributed by atoms with Gasteiger partial charge in [-0.3, -0.25) is 0 Å². The number of carbonyl (C=O) groups excluding carboxylic acids is 1. The van der Waals surface area contributed by atoms with Gasteiger partial charge in [-0.2, -0.15) is 0 Å². The third-order valence-electron chi connectivity index (χ3n) is 2.77. The van der Waals surface area contributed by atoms with E-state index in [1.807, 2.05) is 0 Å². The second-order valence-electron chi connectivity index (χ2n) is 4.42. The lowest BCUT2D eigenvalue weighted by Gasteiger charge is -2.13. The number of rotatable bonds is 5. The van der Waals surface area contributed by atoms with Crippen molar-refractivity contribution in [3.8, 4) is 5.75 Å². The first-order valence-electron chi connectivity index (χ1n) is 6.42. The van der Waals surface area contributed by atoms with Gasteiger partial charge in [0.2, 0.25) is 0 Å². The van der Waals surface area contributed by atoms with Crippen LogP contribution in [0.5, 0.6) is 5.75 Å². The molecule has 0 spiro atoms. The first-order valence-corrected chi connectivity index (χ1v) is 7.18. The Kier molecular flexibility index (Phi) is 5.46. The van der Waals surface area contributed by atoms with E-state index in [9.17, 15) is 4.79 Å². The van der Waals surface area contributed by atoms with Gasteiger partial charge in [-0.05, 0) is 37.3 Å². The zero-order valence-corrected chi connectivity index (χ0v) is 13.5. The van der Waals surface area contributed by atoms with Gasteiger partial charge in [-0.1, -0.05) is 23.2 Å². The average Bonchev–Trinajstić information content (AvgIpc) is 2.51. The number of methoxy groups -OCH3 is 1. The average molecular weight is 341 g/mol. The summed E-state index contributed by atoms with van der Waals surface area (Å²) in [5, 5.41) is 3.96. The van der Waals surface area contributed by atoms with Crippen LogP contribution in [-0.2, 0) is 9.53 Å². The van der Waals surface area contributed by atoms with E-state index in [1.165, 1.54) is 13.3 Å². The zero-order chi connectivity index (χ0) is 16.1. The highest BCUT2D eigenvalue weighted by Crippen LogP contribution is 2.26. The van der Waals surface area contributed by atoms with E-state index < -0.39 is 12.1 Å². The maximum absolute atomic E-state index is 11.3. The molecule has 1 aromatic heterocycles. The molecule has 1 aromatic carbocycles. The number of hydrogen-bond donors (Lipinski definition) is 1. The van der Waals surface area contributed by atoms with Crippen LogP contribution in [0.4, 0.5) is 11.5 Å². The van der Waals surface area contributed by atoms with Crippen molar-refractivity contribution in [2.45, 2.75) is 13.0 Å². The molecule has 0 bridgehead atoms. The van der Waals surface area contributed by atoms with Crippen LogP contribution in [0.1, 0.15) is 6.92 Å². The highest BCUT2D eigenvalue weighted by molar-refractivity contribution is 6.36. The highest BCUT2D eigenvalue weighted by atomic mass is 35.5. The third-order valence-corrected chi connectivity index (χ3v) is 3.27. The number of nitrogens with one attached hydrogen (secondary N) is 1. The van der Waals surface area contributed by atoms with Gasteiger partial charge in [0.25, 0.3) is 0 Å². The van der Waals surface area contributed by atoms with Gasteiger partial charge in [0.15, 0.2) is 6.10 Å². The summed E-state index contributed by atoms with van der Waals surface area (Å²) in [4.78, 5) is 15.4. The Morgan fingerprint density at radius 2 is 1.95 bits per heavy atom. The molecule has 0 aliphatic heterocycles. The van der Waals surface area contributed by atoms with Crippen LogP contribution >= 0.6 is 23.2 Å². The second-order valence-corrected chi connectivity index (χ2v) is 5.26. The predicted octanol–water partition coefficient (Wildman–Crippen LogP) is 4.07. The molecule has 0 saturated carbocycles. The minimum Gasteiger partial charge on any atom is -0.479 e. The van der Waals surface area contributed by atoms with Crippen LogP contribution in [0.2, 0.25) is 10.0 Å². The molecule has 1 atom stereocenters. The Morgan fingerprint density at radius 3 is 2.55 bits per heavy atom. The molecule has 116 valence electrons. The number of nitrogens with zero attached hydrogens (tertiary/aromatic N) is 1. The van der Waals surface area contributed by atoms with Crippen LogP contribution in [0, 0.1) is 0 Å². The Balaban J connectivity index is 2.04. The number of hydrogen-bond acceptors (Lipinski definition) is 5. The summed E-state index contributed by atoms with van der Waals surface area (Å²) in [5.41, 5.74) is 0.773. The molecule has 2 rings (SSSR count). The fraction of sp³-hybridized carbons (Fsp3) is 0.200. The van der Waals surface area contributed by atoms with Crippen molar-refractivity contribution in [1.82, 2.24) is 4.98 Å². The summed E-state index contributed by atoms with van der Waals surface area (Å²) in [6, 6.07) is 8.63. The molecule has 1 unspecified atom stereocenters. The predicted molar refractivity (Wildman–Crippen MR) is 86.1 cm³/mol. The molecule has 5 nitrogen and oxygen atoms in total. The minimum absolute atomic E-state index is 0.423. The monoisotopic (exact) mass is 340 g/mol. The quantitative estimate of drug-likeness (QED) is 0.831. The van der Waals surface area contributed by atoms with Gasteiger partial charge in [0.1, 0.15) is 11.6 Å². The van der Waals surface area contributed by atoms with Crippen LogP contribution in [0.15, 0.2) is 36.5 Å². The van der Waals surface area contributed by atoms with Crippen molar-refractivity contribution in [2.24, 2.45) is 0 Å². The van der Waals surface area contributed by atoms with Gasteiger partial charge >= 0.3 is 5.97 Å². The Labute approximate surface area is 138 Å². The molecular weight excluding hydrogens is 327 g/mol. The van der Waals surface area contributed by atoms with E-state index in [2.05, 4.69) is 15.0 Å². The fourth-order valence-corrected chi connectivity index (χ4v) is 2.11. The molecule has 0 radical (unpaired) electrons. The Bertz CT molecular complexity index is 662. The number of ether oxygens (including phenoxy) is 2. The van der Waals surface area contributed by atoms with Crippen LogP contribution in [0.3, 0.4) is 0 Å². The second kappa shape index (κ2) is 7.33. The van der Waals surface area contributed by atoms with Gasteiger partial charge in [-0.25, -0.2) is 9.78 Å². The van der Waals surface area contributed by atoms with Crippen LogP contribution < -0.4 is 10.1 Å². The van der Waals surface area contributed by atoms with Crippen molar-refractivity contribution in [3.05, 3.63) is 46.6 Å². The summed E-state index contributed by atoms with van der Waals surface area (Å²) in [5.74, 6) is 0.626. The lowest BCUT2D eigenvalue weighted by Crippen LogP contribution is -2.24. The molecule has 1 N–H and O–H groups in total. The van der Waals surface area contributed by atoms with E-state index >= 15 is 0 Å². The topological polar surface area (TPSA) is 60.5 Å². The number of aromatic nitrogens is 1. The summed E-state index contributed by atoms with van der Waals surface area (Å²) in [6.07, 6.45) is 0.835. The fourth-order valence-electron chi connectivity index (χ4n) is 1.68.